The summed E-state index contributed by atoms with van der Waals surface area (Å²) in [5, 5.41) is 4.01. The van der Waals surface area contributed by atoms with Crippen molar-refractivity contribution in [3.63, 3.8) is 0 Å². The second-order valence-electron chi connectivity index (χ2n) is 5.12. The molecule has 0 bridgehead atoms. The molecule has 2 aromatic carbocycles. The van der Waals surface area contributed by atoms with Gasteiger partial charge in [-0.05, 0) is 78.4 Å². The molecule has 7 heteroatoms. The predicted octanol–water partition coefficient (Wildman–Crippen LogP) is 3.86. The number of carbonyl (C=O) groups is 1. The SMILES string of the molecule is CCOc1ccc(C(=O)N/N=C\c2cc(I)c(OCC)c(OC)c2)cc1. The fourth-order valence-electron chi connectivity index (χ4n) is 2.20. The molecule has 1 amide bonds. The molecule has 2 aromatic rings. The zero-order valence-corrected chi connectivity index (χ0v) is 17.1. The first-order valence-corrected chi connectivity index (χ1v) is 9.23. The number of carbonyl (C=O) groups excluding carboxylic acids is 1. The van der Waals surface area contributed by atoms with E-state index in [2.05, 4.69) is 33.1 Å². The lowest BCUT2D eigenvalue weighted by Gasteiger charge is -2.12. The molecule has 0 fully saturated rings. The Bertz CT molecular complexity index is 776. The van der Waals surface area contributed by atoms with Crippen LogP contribution in [-0.2, 0) is 0 Å². The van der Waals surface area contributed by atoms with Crippen LogP contribution in [-0.4, -0.2) is 32.4 Å². The zero-order valence-electron chi connectivity index (χ0n) is 14.9. The summed E-state index contributed by atoms with van der Waals surface area (Å²) >= 11 is 2.18. The number of rotatable bonds is 8. The molecule has 6 nitrogen and oxygen atoms in total. The molecule has 0 saturated carbocycles. The summed E-state index contributed by atoms with van der Waals surface area (Å²) in [4.78, 5) is 12.1. The molecule has 26 heavy (non-hydrogen) atoms. The lowest BCUT2D eigenvalue weighted by atomic mass is 10.2. The molecular formula is C19H21IN2O4. The Morgan fingerprint density at radius 3 is 2.46 bits per heavy atom. The third-order valence-corrected chi connectivity index (χ3v) is 4.15. The van der Waals surface area contributed by atoms with Gasteiger partial charge >= 0.3 is 0 Å². The van der Waals surface area contributed by atoms with Crippen molar-refractivity contribution in [3.05, 3.63) is 51.1 Å². The van der Waals surface area contributed by atoms with E-state index in [1.54, 1.807) is 43.7 Å². The van der Waals surface area contributed by atoms with Crippen molar-refractivity contribution >= 4 is 34.7 Å². The van der Waals surface area contributed by atoms with Crippen LogP contribution in [0.4, 0.5) is 0 Å². The lowest BCUT2D eigenvalue weighted by molar-refractivity contribution is 0.0955. The number of benzene rings is 2. The third kappa shape index (κ3) is 5.35. The molecule has 1 N–H and O–H groups in total. The molecule has 0 aliphatic carbocycles. The van der Waals surface area contributed by atoms with Crippen LogP contribution in [0.15, 0.2) is 41.5 Å². The predicted molar refractivity (Wildman–Crippen MR) is 110 cm³/mol. The number of nitrogens with zero attached hydrogens (tertiary/aromatic N) is 1. The van der Waals surface area contributed by atoms with Gasteiger partial charge in [0.2, 0.25) is 0 Å². The van der Waals surface area contributed by atoms with E-state index in [9.17, 15) is 4.79 Å². The highest BCUT2D eigenvalue weighted by Crippen LogP contribution is 2.33. The number of nitrogens with one attached hydrogen (secondary N) is 1. The number of methoxy groups -OCH3 is 1. The first kappa shape index (κ1) is 20.0. The molecule has 0 saturated heterocycles. The minimum absolute atomic E-state index is 0.295. The Morgan fingerprint density at radius 1 is 1.15 bits per heavy atom. The molecule has 0 aliphatic heterocycles. The largest absolute Gasteiger partial charge is 0.494 e. The van der Waals surface area contributed by atoms with Crippen LogP contribution >= 0.6 is 22.6 Å². The van der Waals surface area contributed by atoms with Crippen molar-refractivity contribution in [2.45, 2.75) is 13.8 Å². The van der Waals surface area contributed by atoms with E-state index in [0.29, 0.717) is 30.3 Å². The van der Waals surface area contributed by atoms with Gasteiger partial charge in [0.1, 0.15) is 5.75 Å². The van der Waals surface area contributed by atoms with Crippen LogP contribution < -0.4 is 19.6 Å². The molecule has 0 aliphatic rings. The molecule has 0 radical (unpaired) electrons. The normalized spacial score (nSPS) is 10.6. The fourth-order valence-corrected chi connectivity index (χ4v) is 2.98. The van der Waals surface area contributed by atoms with Gasteiger partial charge in [-0.25, -0.2) is 5.43 Å². The van der Waals surface area contributed by atoms with Crippen LogP contribution in [0.3, 0.4) is 0 Å². The molecule has 0 heterocycles. The highest BCUT2D eigenvalue weighted by molar-refractivity contribution is 14.1. The van der Waals surface area contributed by atoms with Gasteiger partial charge in [-0.3, -0.25) is 4.79 Å². The zero-order chi connectivity index (χ0) is 18.9. The summed E-state index contributed by atoms with van der Waals surface area (Å²) in [7, 11) is 1.59. The van der Waals surface area contributed by atoms with Gasteiger partial charge in [-0.2, -0.15) is 5.10 Å². The van der Waals surface area contributed by atoms with Gasteiger partial charge in [0.15, 0.2) is 11.5 Å². The van der Waals surface area contributed by atoms with Gasteiger partial charge in [0, 0.05) is 5.56 Å². The number of hydrogen-bond acceptors (Lipinski definition) is 5. The summed E-state index contributed by atoms with van der Waals surface area (Å²) in [6, 6.07) is 10.6. The van der Waals surface area contributed by atoms with Crippen LogP contribution in [0.2, 0.25) is 0 Å². The molecule has 0 atom stereocenters. The Labute approximate surface area is 166 Å². The van der Waals surface area contributed by atoms with E-state index >= 15 is 0 Å². The highest BCUT2D eigenvalue weighted by Gasteiger charge is 2.10. The van der Waals surface area contributed by atoms with Crippen molar-refractivity contribution in [1.29, 1.82) is 0 Å². The average molecular weight is 468 g/mol. The Morgan fingerprint density at radius 2 is 1.85 bits per heavy atom. The van der Waals surface area contributed by atoms with Crippen LogP contribution in [0.1, 0.15) is 29.8 Å². The number of hydrazone groups is 1. The van der Waals surface area contributed by atoms with E-state index in [1.807, 2.05) is 19.9 Å². The van der Waals surface area contributed by atoms with Gasteiger partial charge < -0.3 is 14.2 Å². The van der Waals surface area contributed by atoms with Crippen LogP contribution in [0.25, 0.3) is 0 Å². The van der Waals surface area contributed by atoms with Crippen molar-refractivity contribution in [2.24, 2.45) is 5.10 Å². The maximum atomic E-state index is 12.1. The summed E-state index contributed by atoms with van der Waals surface area (Å²) in [5.41, 5.74) is 3.81. The highest BCUT2D eigenvalue weighted by atomic mass is 127. The second-order valence-corrected chi connectivity index (χ2v) is 6.29. The minimum Gasteiger partial charge on any atom is -0.494 e. The van der Waals surface area contributed by atoms with Gasteiger partial charge in [-0.1, -0.05) is 0 Å². The number of ether oxygens (including phenoxy) is 3. The van der Waals surface area contributed by atoms with Crippen molar-refractivity contribution < 1.29 is 19.0 Å². The number of hydrogen-bond donors (Lipinski definition) is 1. The Kier molecular flexibility index (Phi) is 7.71. The van der Waals surface area contributed by atoms with E-state index < -0.39 is 0 Å². The number of amides is 1. The quantitative estimate of drug-likeness (QED) is 0.363. The topological polar surface area (TPSA) is 69.2 Å². The van der Waals surface area contributed by atoms with E-state index in [4.69, 9.17) is 14.2 Å². The molecule has 0 aromatic heterocycles. The monoisotopic (exact) mass is 468 g/mol. The Hall–Kier alpha value is -2.29. The molecule has 0 unspecified atom stereocenters. The molecule has 0 spiro atoms. The summed E-state index contributed by atoms with van der Waals surface area (Å²) in [5.74, 6) is 1.75. The van der Waals surface area contributed by atoms with Crippen molar-refractivity contribution in [3.8, 4) is 17.2 Å². The van der Waals surface area contributed by atoms with Gasteiger partial charge in [0.25, 0.3) is 5.91 Å². The van der Waals surface area contributed by atoms with Crippen molar-refractivity contribution in [2.75, 3.05) is 20.3 Å². The Balaban J connectivity index is 2.05. The summed E-state index contributed by atoms with van der Waals surface area (Å²) < 4.78 is 17.2. The van der Waals surface area contributed by atoms with E-state index in [1.165, 1.54) is 0 Å². The first-order chi connectivity index (χ1) is 12.6. The molecule has 2 rings (SSSR count). The third-order valence-electron chi connectivity index (χ3n) is 3.35. The minimum atomic E-state index is -0.295. The summed E-state index contributed by atoms with van der Waals surface area (Å²) in [6.45, 7) is 4.96. The standard InChI is InChI=1S/C19H21IN2O4/c1-4-25-15-8-6-14(7-9-15)19(23)22-21-12-13-10-16(20)18(26-5-2)17(11-13)24-3/h6-12H,4-5H2,1-3H3,(H,22,23)/b21-12-. The van der Waals surface area contributed by atoms with E-state index in [-0.39, 0.29) is 5.91 Å². The van der Waals surface area contributed by atoms with Crippen LogP contribution in [0, 0.1) is 3.57 Å². The lowest BCUT2D eigenvalue weighted by Crippen LogP contribution is -2.17. The number of halogens is 1. The molecule has 138 valence electrons. The first-order valence-electron chi connectivity index (χ1n) is 8.15. The maximum absolute atomic E-state index is 12.1. The van der Waals surface area contributed by atoms with Gasteiger partial charge in [0.05, 0.1) is 30.1 Å². The maximum Gasteiger partial charge on any atom is 0.271 e. The fraction of sp³-hybridized carbons (Fsp3) is 0.263. The average Bonchev–Trinajstić information content (AvgIpc) is 2.64. The van der Waals surface area contributed by atoms with E-state index in [0.717, 1.165) is 14.9 Å². The van der Waals surface area contributed by atoms with Gasteiger partial charge in [-0.15, -0.1) is 0 Å². The summed E-state index contributed by atoms with van der Waals surface area (Å²) in [6.07, 6.45) is 1.56. The second kappa shape index (κ2) is 10.0. The van der Waals surface area contributed by atoms with Crippen molar-refractivity contribution in [1.82, 2.24) is 5.43 Å². The van der Waals surface area contributed by atoms with Crippen LogP contribution in [0.5, 0.6) is 17.2 Å². The molecular weight excluding hydrogens is 447 g/mol. The smallest absolute Gasteiger partial charge is 0.271 e.